The molecule has 0 amide bonds. The van der Waals surface area contributed by atoms with Gasteiger partial charge in [-0.15, -0.1) is 0 Å². The molecule has 0 fully saturated rings. The smallest absolute Gasteiger partial charge is 0.328 e. The Labute approximate surface area is 120 Å². The van der Waals surface area contributed by atoms with Gasteiger partial charge >= 0.3 is 5.97 Å². The van der Waals surface area contributed by atoms with E-state index in [1.165, 1.54) is 41.2 Å². The van der Waals surface area contributed by atoms with Gasteiger partial charge in [0.25, 0.3) is 5.56 Å². The van der Waals surface area contributed by atoms with Crippen molar-refractivity contribution in [2.75, 3.05) is 0 Å². The zero-order valence-corrected chi connectivity index (χ0v) is 11.3. The van der Waals surface area contributed by atoms with E-state index in [2.05, 4.69) is 4.98 Å². The van der Waals surface area contributed by atoms with Crippen LogP contribution in [0, 0.1) is 12.7 Å². The van der Waals surface area contributed by atoms with E-state index in [9.17, 15) is 14.0 Å². The molecule has 2 aromatic rings. The number of aromatic nitrogens is 2. The van der Waals surface area contributed by atoms with E-state index in [1.54, 1.807) is 6.92 Å². The van der Waals surface area contributed by atoms with Gasteiger partial charge in [-0.3, -0.25) is 9.36 Å². The summed E-state index contributed by atoms with van der Waals surface area (Å²) in [4.78, 5) is 26.4. The number of aliphatic carboxylic acids is 1. The highest BCUT2D eigenvalue weighted by Crippen LogP contribution is 2.14. The lowest BCUT2D eigenvalue weighted by atomic mass is 10.1. The maximum Gasteiger partial charge on any atom is 0.328 e. The first-order valence-corrected chi connectivity index (χ1v) is 6.18. The van der Waals surface area contributed by atoms with Gasteiger partial charge in [0.1, 0.15) is 5.82 Å². The van der Waals surface area contributed by atoms with Crippen LogP contribution in [-0.4, -0.2) is 20.6 Å². The summed E-state index contributed by atoms with van der Waals surface area (Å²) in [5.41, 5.74) is 1.42. The molecule has 0 saturated carbocycles. The largest absolute Gasteiger partial charge is 0.478 e. The van der Waals surface area contributed by atoms with E-state index >= 15 is 0 Å². The van der Waals surface area contributed by atoms with Crippen molar-refractivity contribution in [3.05, 3.63) is 69.7 Å². The monoisotopic (exact) mass is 288 g/mol. The summed E-state index contributed by atoms with van der Waals surface area (Å²) in [6, 6.07) is 5.40. The van der Waals surface area contributed by atoms with E-state index in [0.717, 1.165) is 6.08 Å². The maximum absolute atomic E-state index is 13.3. The first kappa shape index (κ1) is 14.6. The number of aryl methyl sites for hydroxylation is 1. The fourth-order valence-electron chi connectivity index (χ4n) is 1.84. The number of carbonyl (C=O) groups is 1. The summed E-state index contributed by atoms with van der Waals surface area (Å²) in [5.74, 6) is -1.60. The molecule has 2 rings (SSSR count). The van der Waals surface area contributed by atoms with Gasteiger partial charge in [0.05, 0.1) is 12.9 Å². The summed E-state index contributed by atoms with van der Waals surface area (Å²) >= 11 is 0. The van der Waals surface area contributed by atoms with E-state index in [-0.39, 0.29) is 12.1 Å². The molecule has 0 aliphatic rings. The number of hydrogen-bond donors (Lipinski definition) is 1. The van der Waals surface area contributed by atoms with Crippen molar-refractivity contribution in [2.45, 2.75) is 13.5 Å². The van der Waals surface area contributed by atoms with Crippen molar-refractivity contribution >= 4 is 12.0 Å². The molecule has 0 spiro atoms. The third-order valence-electron chi connectivity index (χ3n) is 2.87. The number of halogens is 1. The van der Waals surface area contributed by atoms with Crippen LogP contribution in [0.5, 0.6) is 0 Å². The fourth-order valence-corrected chi connectivity index (χ4v) is 1.84. The second-order valence-corrected chi connectivity index (χ2v) is 4.51. The van der Waals surface area contributed by atoms with E-state index in [0.29, 0.717) is 16.8 Å². The second-order valence-electron chi connectivity index (χ2n) is 4.51. The Morgan fingerprint density at radius 1 is 1.43 bits per heavy atom. The second kappa shape index (κ2) is 6.13. The number of benzene rings is 1. The van der Waals surface area contributed by atoms with Crippen LogP contribution in [0.1, 0.15) is 16.8 Å². The Kier molecular flexibility index (Phi) is 4.27. The Hall–Kier alpha value is -2.76. The lowest BCUT2D eigenvalue weighted by Gasteiger charge is -2.09. The van der Waals surface area contributed by atoms with Crippen LogP contribution in [0.15, 0.2) is 41.5 Å². The highest BCUT2D eigenvalue weighted by Gasteiger charge is 2.05. The van der Waals surface area contributed by atoms with Gasteiger partial charge in [0.15, 0.2) is 0 Å². The molecule has 1 heterocycles. The minimum absolute atomic E-state index is 0.186. The standard InChI is InChI=1S/C15H13FN2O3/c1-10-6-14(19)18(9-17-10)8-12-2-4-13(16)7-11(12)3-5-15(20)21/h2-7,9H,8H2,1H3,(H,20,21). The quantitative estimate of drug-likeness (QED) is 0.871. The van der Waals surface area contributed by atoms with Gasteiger partial charge < -0.3 is 5.11 Å². The molecule has 108 valence electrons. The Morgan fingerprint density at radius 3 is 2.86 bits per heavy atom. The molecule has 0 radical (unpaired) electrons. The summed E-state index contributed by atoms with van der Waals surface area (Å²) < 4.78 is 14.7. The summed E-state index contributed by atoms with van der Waals surface area (Å²) in [6.07, 6.45) is 3.63. The van der Waals surface area contributed by atoms with Crippen molar-refractivity contribution in [1.82, 2.24) is 9.55 Å². The highest BCUT2D eigenvalue weighted by atomic mass is 19.1. The lowest BCUT2D eigenvalue weighted by molar-refractivity contribution is -0.131. The normalized spacial score (nSPS) is 11.0. The maximum atomic E-state index is 13.3. The third-order valence-corrected chi connectivity index (χ3v) is 2.87. The minimum atomic E-state index is -1.13. The van der Waals surface area contributed by atoms with Crippen molar-refractivity contribution in [2.24, 2.45) is 0 Å². The zero-order chi connectivity index (χ0) is 15.4. The molecule has 1 aromatic heterocycles. The molecule has 1 N–H and O–H groups in total. The van der Waals surface area contributed by atoms with Crippen LogP contribution in [0.3, 0.4) is 0 Å². The molecule has 0 saturated heterocycles. The van der Waals surface area contributed by atoms with E-state index in [1.807, 2.05) is 0 Å². The van der Waals surface area contributed by atoms with E-state index in [4.69, 9.17) is 5.11 Å². The minimum Gasteiger partial charge on any atom is -0.478 e. The summed E-state index contributed by atoms with van der Waals surface area (Å²) in [6.45, 7) is 1.90. The van der Waals surface area contributed by atoms with Crippen LogP contribution < -0.4 is 5.56 Å². The predicted molar refractivity (Wildman–Crippen MR) is 75.4 cm³/mol. The average Bonchev–Trinajstić information content (AvgIpc) is 2.41. The van der Waals surface area contributed by atoms with E-state index < -0.39 is 11.8 Å². The van der Waals surface area contributed by atoms with Gasteiger partial charge in [-0.1, -0.05) is 6.07 Å². The Morgan fingerprint density at radius 2 is 2.19 bits per heavy atom. The number of hydrogen-bond acceptors (Lipinski definition) is 3. The lowest BCUT2D eigenvalue weighted by Crippen LogP contribution is -2.20. The first-order valence-electron chi connectivity index (χ1n) is 6.18. The van der Waals surface area contributed by atoms with Crippen molar-refractivity contribution in [3.63, 3.8) is 0 Å². The predicted octanol–water partition coefficient (Wildman–Crippen LogP) is 1.84. The molecule has 21 heavy (non-hydrogen) atoms. The van der Waals surface area contributed by atoms with Crippen LogP contribution in [0.25, 0.3) is 6.08 Å². The van der Waals surface area contributed by atoms with Crippen molar-refractivity contribution in [3.8, 4) is 0 Å². The molecular weight excluding hydrogens is 275 g/mol. The van der Waals surface area contributed by atoms with Gasteiger partial charge in [-0.05, 0) is 36.3 Å². The molecule has 6 heteroatoms. The van der Waals surface area contributed by atoms with Crippen molar-refractivity contribution in [1.29, 1.82) is 0 Å². The molecule has 5 nitrogen and oxygen atoms in total. The molecule has 1 aromatic carbocycles. The molecule has 0 bridgehead atoms. The molecule has 0 atom stereocenters. The Bertz CT molecular complexity index is 766. The fraction of sp³-hybridized carbons (Fsp3) is 0.133. The summed E-state index contributed by atoms with van der Waals surface area (Å²) in [7, 11) is 0. The van der Waals surface area contributed by atoms with Gasteiger partial charge in [-0.2, -0.15) is 0 Å². The average molecular weight is 288 g/mol. The molecule has 0 unspecified atom stereocenters. The number of carboxylic acid groups (broad SMARTS) is 1. The van der Waals surface area contributed by atoms with Crippen molar-refractivity contribution < 1.29 is 14.3 Å². The Balaban J connectivity index is 2.39. The van der Waals surface area contributed by atoms with Gasteiger partial charge in [0.2, 0.25) is 0 Å². The van der Waals surface area contributed by atoms with Crippen LogP contribution in [0.2, 0.25) is 0 Å². The van der Waals surface area contributed by atoms with Gasteiger partial charge in [-0.25, -0.2) is 14.2 Å². The summed E-state index contributed by atoms with van der Waals surface area (Å²) in [5, 5.41) is 8.65. The molecule has 0 aliphatic heterocycles. The number of rotatable bonds is 4. The topological polar surface area (TPSA) is 72.2 Å². The molecule has 0 aliphatic carbocycles. The first-order chi connectivity index (χ1) is 9.95. The highest BCUT2D eigenvalue weighted by molar-refractivity contribution is 5.85. The molecular formula is C15H13FN2O3. The van der Waals surface area contributed by atoms with Crippen LogP contribution in [0.4, 0.5) is 4.39 Å². The third kappa shape index (κ3) is 3.85. The number of nitrogens with zero attached hydrogens (tertiary/aromatic N) is 2. The van der Waals surface area contributed by atoms with Crippen LogP contribution >= 0.6 is 0 Å². The zero-order valence-electron chi connectivity index (χ0n) is 11.3. The SMILES string of the molecule is Cc1cc(=O)n(Cc2ccc(F)cc2C=CC(=O)O)cn1. The van der Waals surface area contributed by atoms with Crippen LogP contribution in [-0.2, 0) is 11.3 Å². The van der Waals surface area contributed by atoms with Gasteiger partial charge in [0, 0.05) is 17.8 Å². The number of carboxylic acids is 1.